The summed E-state index contributed by atoms with van der Waals surface area (Å²) in [5.74, 6) is -0.0641. The van der Waals surface area contributed by atoms with Crippen molar-refractivity contribution < 1.29 is 19.4 Å². The molecule has 1 atom stereocenters. The quantitative estimate of drug-likeness (QED) is 0.537. The summed E-state index contributed by atoms with van der Waals surface area (Å²) in [6.07, 6.45) is -0.193. The van der Waals surface area contributed by atoms with E-state index in [9.17, 15) is 14.7 Å². The van der Waals surface area contributed by atoms with Gasteiger partial charge < -0.3 is 25.4 Å². The van der Waals surface area contributed by atoms with E-state index in [0.717, 1.165) is 25.5 Å². The number of hydrogen-bond donors (Lipinski definition) is 3. The zero-order valence-electron chi connectivity index (χ0n) is 14.8. The molecule has 1 unspecified atom stereocenters. The van der Waals surface area contributed by atoms with Crippen molar-refractivity contribution in [1.82, 2.24) is 10.2 Å². The fourth-order valence-electron chi connectivity index (χ4n) is 3.42. The summed E-state index contributed by atoms with van der Waals surface area (Å²) in [6, 6.07) is 3.35. The lowest BCUT2D eigenvalue weighted by molar-refractivity contribution is 0.0934. The molecule has 0 aliphatic carbocycles. The number of halogens is 2. The average Bonchev–Trinajstić information content (AvgIpc) is 3.02. The van der Waals surface area contributed by atoms with Gasteiger partial charge in [-0.15, -0.1) is 11.3 Å². The fraction of sp³-hybridized carbons (Fsp3) is 0.333. The highest BCUT2D eigenvalue weighted by atomic mass is 79.9. The predicted octanol–water partition coefficient (Wildman–Crippen LogP) is 4.35. The maximum absolute atomic E-state index is 12.8. The zero-order chi connectivity index (χ0) is 20.0. The number of aromatic hydroxyl groups is 1. The highest BCUT2D eigenvalue weighted by Gasteiger charge is 2.35. The van der Waals surface area contributed by atoms with Crippen LogP contribution in [0, 0.1) is 0 Å². The van der Waals surface area contributed by atoms with Crippen LogP contribution in [-0.2, 0) is 17.7 Å². The molecule has 0 saturated carbocycles. The van der Waals surface area contributed by atoms with Crippen molar-refractivity contribution >= 4 is 60.2 Å². The number of nitrogens with one attached hydrogen (secondary N) is 2. The van der Waals surface area contributed by atoms with Gasteiger partial charge in [0.15, 0.2) is 0 Å². The van der Waals surface area contributed by atoms with Gasteiger partial charge in [0.05, 0.1) is 23.2 Å². The van der Waals surface area contributed by atoms with Crippen LogP contribution in [0.25, 0.3) is 0 Å². The second-order valence-electron chi connectivity index (χ2n) is 6.45. The number of fused-ring (bicyclic) bond motifs is 3. The number of anilines is 1. The number of carbonyl (C=O) groups excluding carboxylic acids is 2. The van der Waals surface area contributed by atoms with E-state index >= 15 is 0 Å². The molecule has 0 fully saturated rings. The molecule has 0 radical (unpaired) electrons. The highest BCUT2D eigenvalue weighted by molar-refractivity contribution is 9.11. The normalized spacial score (nSPS) is 18.0. The van der Waals surface area contributed by atoms with Crippen LogP contribution in [0.3, 0.4) is 0 Å². The molecule has 0 spiro atoms. The van der Waals surface area contributed by atoms with Crippen molar-refractivity contribution in [1.29, 1.82) is 0 Å². The molecule has 1 aromatic carbocycles. The first-order chi connectivity index (χ1) is 13.4. The third-order valence-corrected chi connectivity index (χ3v) is 7.21. The Bertz CT molecular complexity index is 978. The molecule has 1 aromatic heterocycles. The van der Waals surface area contributed by atoms with E-state index in [0.29, 0.717) is 36.2 Å². The predicted molar refractivity (Wildman–Crippen MR) is 113 cm³/mol. The fourth-order valence-corrected chi connectivity index (χ4v) is 5.93. The molecule has 10 heteroatoms. The Morgan fingerprint density at radius 3 is 2.89 bits per heavy atom. The van der Waals surface area contributed by atoms with Gasteiger partial charge in [-0.25, -0.2) is 4.79 Å². The Morgan fingerprint density at radius 2 is 2.14 bits per heavy atom. The van der Waals surface area contributed by atoms with Crippen LogP contribution in [0.15, 0.2) is 21.1 Å². The second-order valence-corrected chi connectivity index (χ2v) is 9.27. The van der Waals surface area contributed by atoms with Gasteiger partial charge in [-0.05, 0) is 47.0 Å². The molecule has 0 bridgehead atoms. The van der Waals surface area contributed by atoms with E-state index in [1.54, 1.807) is 24.0 Å². The average molecular weight is 531 g/mol. The van der Waals surface area contributed by atoms with E-state index in [4.69, 9.17) is 4.74 Å². The lowest BCUT2D eigenvalue weighted by Gasteiger charge is -2.28. The van der Waals surface area contributed by atoms with Crippen molar-refractivity contribution in [3.05, 3.63) is 42.6 Å². The molecule has 4 rings (SSSR count). The van der Waals surface area contributed by atoms with E-state index in [-0.39, 0.29) is 17.7 Å². The van der Waals surface area contributed by atoms with E-state index in [1.165, 1.54) is 11.3 Å². The van der Waals surface area contributed by atoms with Crippen LogP contribution in [-0.4, -0.2) is 35.2 Å². The summed E-state index contributed by atoms with van der Waals surface area (Å²) >= 11 is 8.25. The SMILES string of the molecule is CCOC(=O)N1CCc2c(sc3c2C(=O)NC(c2cc(O)c(Br)cc2Br)N3)C1. The summed E-state index contributed by atoms with van der Waals surface area (Å²) < 4.78 is 6.42. The molecule has 2 amide bonds. The Balaban J connectivity index is 1.63. The Hall–Kier alpha value is -1.78. The molecular weight excluding hydrogens is 514 g/mol. The molecule has 3 N–H and O–H groups in total. The van der Waals surface area contributed by atoms with Crippen molar-refractivity contribution in [3.8, 4) is 5.75 Å². The van der Waals surface area contributed by atoms with Gasteiger partial charge in [0, 0.05) is 21.5 Å². The van der Waals surface area contributed by atoms with Gasteiger partial charge in [0.1, 0.15) is 16.9 Å². The van der Waals surface area contributed by atoms with Crippen LogP contribution >= 0.6 is 43.2 Å². The molecule has 2 aliphatic rings. The smallest absolute Gasteiger partial charge is 0.410 e. The van der Waals surface area contributed by atoms with Crippen LogP contribution in [0.5, 0.6) is 5.75 Å². The molecule has 2 aromatic rings. The minimum atomic E-state index is -0.477. The highest BCUT2D eigenvalue weighted by Crippen LogP contribution is 2.42. The number of rotatable bonds is 2. The molecule has 28 heavy (non-hydrogen) atoms. The zero-order valence-corrected chi connectivity index (χ0v) is 18.8. The summed E-state index contributed by atoms with van der Waals surface area (Å²) in [7, 11) is 0. The lowest BCUT2D eigenvalue weighted by atomic mass is 10.0. The Morgan fingerprint density at radius 1 is 1.36 bits per heavy atom. The summed E-state index contributed by atoms with van der Waals surface area (Å²) in [4.78, 5) is 27.5. The third-order valence-electron chi connectivity index (χ3n) is 4.74. The number of carbonyl (C=O) groups is 2. The third kappa shape index (κ3) is 3.37. The van der Waals surface area contributed by atoms with Gasteiger partial charge in [0.25, 0.3) is 5.91 Å². The maximum Gasteiger partial charge on any atom is 0.410 e. The molecule has 148 valence electrons. The summed E-state index contributed by atoms with van der Waals surface area (Å²) in [5.41, 5.74) is 2.36. The molecule has 0 saturated heterocycles. The number of nitrogens with zero attached hydrogens (tertiary/aromatic N) is 1. The standard InChI is InChI=1S/C18H17Br2N3O4S/c1-2-27-18(26)23-4-3-8-13(7-23)28-17-14(8)16(25)21-15(22-17)9-5-12(24)11(20)6-10(9)19/h5-6,15,22,24H,2-4,7H2,1H3,(H,21,25). The Kier molecular flexibility index (Phi) is 5.28. The van der Waals surface area contributed by atoms with Crippen molar-refractivity contribution in [2.45, 2.75) is 26.1 Å². The second kappa shape index (κ2) is 7.57. The topological polar surface area (TPSA) is 90.9 Å². The number of benzene rings is 1. The van der Waals surface area contributed by atoms with Crippen molar-refractivity contribution in [3.63, 3.8) is 0 Å². The first-order valence-electron chi connectivity index (χ1n) is 8.70. The van der Waals surface area contributed by atoms with Gasteiger partial charge >= 0.3 is 6.09 Å². The monoisotopic (exact) mass is 529 g/mol. The number of ether oxygens (including phenoxy) is 1. The minimum absolute atomic E-state index is 0.0931. The number of phenolic OH excluding ortho intramolecular Hbond substituents is 1. The Labute approximate surface area is 182 Å². The molecule has 7 nitrogen and oxygen atoms in total. The summed E-state index contributed by atoms with van der Waals surface area (Å²) in [6.45, 7) is 3.08. The largest absolute Gasteiger partial charge is 0.507 e. The number of hydrogen-bond acceptors (Lipinski definition) is 6. The van der Waals surface area contributed by atoms with Gasteiger partial charge in [-0.3, -0.25) is 4.79 Å². The van der Waals surface area contributed by atoms with Crippen LogP contribution in [0.4, 0.5) is 9.80 Å². The summed E-state index contributed by atoms with van der Waals surface area (Å²) in [5, 5.41) is 17.1. The first-order valence-corrected chi connectivity index (χ1v) is 11.1. The van der Waals surface area contributed by atoms with Gasteiger partial charge in [-0.2, -0.15) is 0 Å². The number of amides is 2. The molecule has 3 heterocycles. The van der Waals surface area contributed by atoms with Crippen LogP contribution in [0.1, 0.15) is 39.5 Å². The molecule has 2 aliphatic heterocycles. The van der Waals surface area contributed by atoms with E-state index < -0.39 is 6.17 Å². The van der Waals surface area contributed by atoms with E-state index in [1.807, 2.05) is 0 Å². The minimum Gasteiger partial charge on any atom is -0.507 e. The number of phenols is 1. The number of thiophene rings is 1. The maximum atomic E-state index is 12.8. The van der Waals surface area contributed by atoms with Crippen LogP contribution in [0.2, 0.25) is 0 Å². The lowest BCUT2D eigenvalue weighted by Crippen LogP contribution is -2.39. The van der Waals surface area contributed by atoms with E-state index in [2.05, 4.69) is 42.5 Å². The van der Waals surface area contributed by atoms with Gasteiger partial charge in [0.2, 0.25) is 0 Å². The van der Waals surface area contributed by atoms with Crippen molar-refractivity contribution in [2.24, 2.45) is 0 Å². The van der Waals surface area contributed by atoms with Crippen LogP contribution < -0.4 is 10.6 Å². The first kappa shape index (κ1) is 19.5. The molecular formula is C18H17Br2N3O4S. The van der Waals surface area contributed by atoms with Gasteiger partial charge in [-0.1, -0.05) is 15.9 Å². The van der Waals surface area contributed by atoms with Crippen molar-refractivity contribution in [2.75, 3.05) is 18.5 Å².